The molecule has 2 nitrogen and oxygen atoms in total. The molecule has 0 saturated heterocycles. The Morgan fingerprint density at radius 1 is 0.970 bits per heavy atom. The average molecular weight is 467 g/mol. The van der Waals surface area contributed by atoms with Crippen LogP contribution in [-0.2, 0) is 9.53 Å². The molecular formula is C29H48F2O2. The van der Waals surface area contributed by atoms with E-state index in [-0.39, 0.29) is 35.2 Å². The van der Waals surface area contributed by atoms with Crippen LogP contribution in [0.4, 0.5) is 8.78 Å². The zero-order valence-corrected chi connectivity index (χ0v) is 22.0. The van der Waals surface area contributed by atoms with Crippen molar-refractivity contribution in [3.8, 4) is 0 Å². The maximum absolute atomic E-state index is 15.8. The number of alkyl halides is 2. The molecule has 0 heterocycles. The number of esters is 1. The molecule has 0 spiro atoms. The van der Waals surface area contributed by atoms with E-state index in [2.05, 4.69) is 34.6 Å². The largest absolute Gasteiger partial charge is 0.463 e. The van der Waals surface area contributed by atoms with Crippen molar-refractivity contribution in [2.24, 2.45) is 52.3 Å². The molecule has 33 heavy (non-hydrogen) atoms. The molecule has 0 aromatic carbocycles. The molecule has 4 aliphatic carbocycles. The van der Waals surface area contributed by atoms with Crippen molar-refractivity contribution in [1.82, 2.24) is 0 Å². The van der Waals surface area contributed by atoms with Crippen LogP contribution in [0.1, 0.15) is 112 Å². The molecule has 4 rings (SSSR count). The summed E-state index contributed by atoms with van der Waals surface area (Å²) in [5.41, 5.74) is -0.0992. The Bertz CT molecular complexity index is 720. The Balaban J connectivity index is 1.52. The van der Waals surface area contributed by atoms with Crippen molar-refractivity contribution in [3.63, 3.8) is 0 Å². The van der Waals surface area contributed by atoms with Crippen LogP contribution in [0.5, 0.6) is 0 Å². The van der Waals surface area contributed by atoms with Gasteiger partial charge in [0, 0.05) is 19.3 Å². The van der Waals surface area contributed by atoms with E-state index < -0.39 is 11.8 Å². The van der Waals surface area contributed by atoms with Gasteiger partial charge >= 0.3 is 5.97 Å². The summed E-state index contributed by atoms with van der Waals surface area (Å²) in [5.74, 6) is -0.511. The molecule has 0 aromatic rings. The third-order valence-electron chi connectivity index (χ3n) is 11.1. The van der Waals surface area contributed by atoms with Gasteiger partial charge in [-0.1, -0.05) is 53.9 Å². The van der Waals surface area contributed by atoms with E-state index in [1.165, 1.54) is 39.0 Å². The first-order valence-electron chi connectivity index (χ1n) is 13.9. The molecule has 0 unspecified atom stereocenters. The molecule has 4 aliphatic rings. The van der Waals surface area contributed by atoms with Gasteiger partial charge < -0.3 is 4.74 Å². The Hall–Kier alpha value is -0.670. The Morgan fingerprint density at radius 2 is 1.64 bits per heavy atom. The molecule has 190 valence electrons. The minimum Gasteiger partial charge on any atom is -0.463 e. The summed E-state index contributed by atoms with van der Waals surface area (Å²) in [6.07, 6.45) is 10.1. The van der Waals surface area contributed by atoms with Crippen LogP contribution in [0, 0.1) is 52.3 Å². The second-order valence-corrected chi connectivity index (χ2v) is 13.4. The molecular weight excluding hydrogens is 418 g/mol. The van der Waals surface area contributed by atoms with Crippen LogP contribution in [0.25, 0.3) is 0 Å². The highest BCUT2D eigenvalue weighted by Crippen LogP contribution is 2.70. The lowest BCUT2D eigenvalue weighted by molar-refractivity contribution is -0.237. The minimum atomic E-state index is -2.66. The van der Waals surface area contributed by atoms with Gasteiger partial charge in [0.05, 0.1) is 0 Å². The number of ether oxygens (including phenoxy) is 1. The zero-order chi connectivity index (χ0) is 24.2. The fraction of sp³-hybridized carbons (Fsp3) is 0.966. The molecule has 0 radical (unpaired) electrons. The van der Waals surface area contributed by atoms with Gasteiger partial charge in [-0.2, -0.15) is 0 Å². The van der Waals surface area contributed by atoms with Crippen LogP contribution < -0.4 is 0 Å². The van der Waals surface area contributed by atoms with Gasteiger partial charge in [0.15, 0.2) is 0 Å². The number of carbonyl (C=O) groups excluding carboxylic acids is 1. The first kappa shape index (κ1) is 25.4. The number of hydrogen-bond acceptors (Lipinski definition) is 2. The second kappa shape index (κ2) is 9.08. The topological polar surface area (TPSA) is 26.3 Å². The summed E-state index contributed by atoms with van der Waals surface area (Å²) in [7, 11) is 0. The van der Waals surface area contributed by atoms with E-state index in [1.54, 1.807) is 0 Å². The first-order valence-corrected chi connectivity index (χ1v) is 13.9. The van der Waals surface area contributed by atoms with Crippen LogP contribution in [0.2, 0.25) is 0 Å². The Kier molecular flexibility index (Phi) is 7.00. The first-order chi connectivity index (χ1) is 15.4. The van der Waals surface area contributed by atoms with Crippen molar-refractivity contribution >= 4 is 5.97 Å². The number of hydrogen-bond donors (Lipinski definition) is 0. The summed E-state index contributed by atoms with van der Waals surface area (Å²) in [5, 5.41) is 0. The van der Waals surface area contributed by atoms with Gasteiger partial charge in [-0.15, -0.1) is 0 Å². The van der Waals surface area contributed by atoms with Crippen molar-refractivity contribution in [2.75, 3.05) is 0 Å². The Labute approximate surface area is 201 Å². The highest BCUT2D eigenvalue weighted by atomic mass is 19.3. The fourth-order valence-electron chi connectivity index (χ4n) is 9.61. The summed E-state index contributed by atoms with van der Waals surface area (Å²) in [4.78, 5) is 11.5. The predicted octanol–water partition coefficient (Wildman–Crippen LogP) is 8.28. The molecule has 9 atom stereocenters. The number of halogens is 2. The van der Waals surface area contributed by atoms with Crippen LogP contribution in [0.3, 0.4) is 0 Å². The monoisotopic (exact) mass is 466 g/mol. The SMILES string of the molecule is CC(=O)O[C@H]1CC[C@@]2(C)[C@H](C1)C(F)(F)C[C@@H]1[C@@H]2CC[C@]2(C)[C@@H]([C@H](C)CCCC(C)C)CC[C@@H]12. The lowest BCUT2D eigenvalue weighted by Crippen LogP contribution is -2.60. The highest BCUT2D eigenvalue weighted by molar-refractivity contribution is 5.66. The Morgan fingerprint density at radius 3 is 2.30 bits per heavy atom. The molecule has 4 heteroatoms. The quantitative estimate of drug-likeness (QED) is 0.368. The van der Waals surface area contributed by atoms with Gasteiger partial charge in [0.2, 0.25) is 0 Å². The standard InChI is InChI=1S/C29H48F2O2/c1-18(2)8-7-9-19(3)23-10-11-24-22-17-29(30,31)26-16-21(33-20(4)32)12-14-28(26,6)25(22)13-15-27(23,24)5/h18-19,21-26H,7-17H2,1-6H3/t19-,21+,22+,23-,24+,25+,26+,27-,28-/m1/s1. The number of rotatable bonds is 6. The summed E-state index contributed by atoms with van der Waals surface area (Å²) >= 11 is 0. The minimum absolute atomic E-state index is 0.0550. The average Bonchev–Trinajstić information content (AvgIpc) is 3.05. The zero-order valence-electron chi connectivity index (χ0n) is 22.0. The lowest BCUT2D eigenvalue weighted by Gasteiger charge is -2.63. The predicted molar refractivity (Wildman–Crippen MR) is 129 cm³/mol. The third kappa shape index (κ3) is 4.51. The van der Waals surface area contributed by atoms with E-state index in [4.69, 9.17) is 4.74 Å². The highest BCUT2D eigenvalue weighted by Gasteiger charge is 2.67. The van der Waals surface area contributed by atoms with E-state index in [9.17, 15) is 4.79 Å². The van der Waals surface area contributed by atoms with E-state index in [1.807, 2.05) is 0 Å². The van der Waals surface area contributed by atoms with Gasteiger partial charge in [-0.25, -0.2) is 8.78 Å². The van der Waals surface area contributed by atoms with Crippen molar-refractivity contribution in [3.05, 3.63) is 0 Å². The molecule has 0 aliphatic heterocycles. The van der Waals surface area contributed by atoms with Crippen LogP contribution >= 0.6 is 0 Å². The summed E-state index contributed by atoms with van der Waals surface area (Å²) in [6, 6.07) is 0. The van der Waals surface area contributed by atoms with E-state index in [0.29, 0.717) is 30.1 Å². The normalized spacial score (nSPS) is 45.1. The molecule has 0 aromatic heterocycles. The van der Waals surface area contributed by atoms with E-state index >= 15 is 8.78 Å². The number of fused-ring (bicyclic) bond motifs is 5. The van der Waals surface area contributed by atoms with Crippen LogP contribution in [0.15, 0.2) is 0 Å². The molecule has 0 bridgehead atoms. The van der Waals surface area contributed by atoms with E-state index in [0.717, 1.165) is 31.6 Å². The van der Waals surface area contributed by atoms with Gasteiger partial charge in [0.25, 0.3) is 5.92 Å². The maximum atomic E-state index is 15.8. The van der Waals surface area contributed by atoms with Gasteiger partial charge in [0.1, 0.15) is 6.10 Å². The van der Waals surface area contributed by atoms with Gasteiger partial charge in [-0.05, 0) is 91.3 Å². The van der Waals surface area contributed by atoms with Crippen molar-refractivity contribution < 1.29 is 18.3 Å². The molecule has 0 amide bonds. The van der Waals surface area contributed by atoms with Gasteiger partial charge in [-0.3, -0.25) is 4.79 Å². The smallest absolute Gasteiger partial charge is 0.302 e. The summed E-state index contributed by atoms with van der Waals surface area (Å²) < 4.78 is 37.0. The lowest BCUT2D eigenvalue weighted by atomic mass is 9.43. The molecule has 0 N–H and O–H groups in total. The molecule has 4 fully saturated rings. The molecule has 4 saturated carbocycles. The summed E-state index contributed by atoms with van der Waals surface area (Å²) in [6.45, 7) is 13.1. The van der Waals surface area contributed by atoms with Crippen molar-refractivity contribution in [1.29, 1.82) is 0 Å². The fourth-order valence-corrected chi connectivity index (χ4v) is 9.61. The third-order valence-corrected chi connectivity index (χ3v) is 11.1. The second-order valence-electron chi connectivity index (χ2n) is 13.4. The number of carbonyl (C=O) groups is 1. The van der Waals surface area contributed by atoms with Crippen LogP contribution in [-0.4, -0.2) is 18.0 Å². The maximum Gasteiger partial charge on any atom is 0.302 e. The van der Waals surface area contributed by atoms with Crippen molar-refractivity contribution in [2.45, 2.75) is 124 Å².